The lowest BCUT2D eigenvalue weighted by Gasteiger charge is -2.37. The van der Waals surface area contributed by atoms with Gasteiger partial charge in [-0.15, -0.1) is 0 Å². The second kappa shape index (κ2) is 6.51. The monoisotopic (exact) mass is 331 g/mol. The van der Waals surface area contributed by atoms with Crippen LogP contribution in [0.15, 0.2) is 24.3 Å². The minimum atomic E-state index is -0.830. The molecule has 7 heteroatoms. The standard InChI is InChI=1S/C17H21N3O4/c1-24-13-5-2-12(3-6-13)4-7-14(21)20-10-8-17(9-11-20)15(22)18-16(23)19-17/h2-3,5-6H,4,7-11H2,1H3,(H2,18,19,22,23). The first-order chi connectivity index (χ1) is 11.5. The molecule has 0 unspecified atom stereocenters. The average molecular weight is 331 g/mol. The number of amides is 4. The van der Waals surface area contributed by atoms with Crippen LogP contribution in [0, 0.1) is 0 Å². The molecule has 0 aromatic heterocycles. The van der Waals surface area contributed by atoms with Crippen LogP contribution in [0.5, 0.6) is 5.75 Å². The lowest BCUT2D eigenvalue weighted by atomic mass is 9.87. The molecule has 1 aromatic carbocycles. The fourth-order valence-corrected chi connectivity index (χ4v) is 3.22. The number of nitrogens with zero attached hydrogens (tertiary/aromatic N) is 1. The summed E-state index contributed by atoms with van der Waals surface area (Å²) < 4.78 is 5.11. The molecule has 2 aliphatic rings. The molecule has 4 amide bonds. The summed E-state index contributed by atoms with van der Waals surface area (Å²) in [6, 6.07) is 7.22. The Bertz CT molecular complexity index is 648. The zero-order chi connectivity index (χ0) is 17.2. The van der Waals surface area contributed by atoms with E-state index < -0.39 is 11.6 Å². The van der Waals surface area contributed by atoms with Crippen molar-refractivity contribution >= 4 is 17.8 Å². The number of nitrogens with one attached hydrogen (secondary N) is 2. The Morgan fingerprint density at radius 1 is 1.21 bits per heavy atom. The summed E-state index contributed by atoms with van der Waals surface area (Å²) in [7, 11) is 1.62. The van der Waals surface area contributed by atoms with Crippen LogP contribution in [0.25, 0.3) is 0 Å². The highest BCUT2D eigenvalue weighted by atomic mass is 16.5. The van der Waals surface area contributed by atoms with Gasteiger partial charge in [0.15, 0.2) is 0 Å². The van der Waals surface area contributed by atoms with Crippen molar-refractivity contribution in [3.63, 3.8) is 0 Å². The van der Waals surface area contributed by atoms with Crippen molar-refractivity contribution in [2.24, 2.45) is 0 Å². The zero-order valence-electron chi connectivity index (χ0n) is 13.6. The van der Waals surface area contributed by atoms with Crippen LogP contribution < -0.4 is 15.4 Å². The van der Waals surface area contributed by atoms with E-state index in [0.717, 1.165) is 11.3 Å². The number of likely N-dealkylation sites (tertiary alicyclic amines) is 1. The summed E-state index contributed by atoms with van der Waals surface area (Å²) >= 11 is 0. The molecule has 2 N–H and O–H groups in total. The van der Waals surface area contributed by atoms with Gasteiger partial charge in [0.2, 0.25) is 5.91 Å². The molecule has 0 atom stereocenters. The molecule has 2 heterocycles. The third-order valence-electron chi connectivity index (χ3n) is 4.77. The van der Waals surface area contributed by atoms with Gasteiger partial charge in [-0.2, -0.15) is 0 Å². The molecule has 0 bridgehead atoms. The Hall–Kier alpha value is -2.57. The highest BCUT2D eigenvalue weighted by Gasteiger charge is 2.48. The molecule has 0 radical (unpaired) electrons. The zero-order valence-corrected chi connectivity index (χ0v) is 13.6. The number of rotatable bonds is 4. The van der Waals surface area contributed by atoms with Gasteiger partial charge in [0, 0.05) is 19.5 Å². The number of benzene rings is 1. The van der Waals surface area contributed by atoms with Crippen molar-refractivity contribution in [2.75, 3.05) is 20.2 Å². The van der Waals surface area contributed by atoms with Crippen molar-refractivity contribution in [2.45, 2.75) is 31.2 Å². The number of aryl methyl sites for hydroxylation is 1. The number of methoxy groups -OCH3 is 1. The highest BCUT2D eigenvalue weighted by Crippen LogP contribution is 2.26. The highest BCUT2D eigenvalue weighted by molar-refractivity contribution is 6.07. The number of hydrogen-bond acceptors (Lipinski definition) is 4. The Morgan fingerprint density at radius 3 is 2.42 bits per heavy atom. The summed E-state index contributed by atoms with van der Waals surface area (Å²) in [6.07, 6.45) is 2.01. The molecule has 0 saturated carbocycles. The van der Waals surface area contributed by atoms with Crippen LogP contribution in [0.2, 0.25) is 0 Å². The molecule has 3 rings (SSSR count). The normalized spacial score (nSPS) is 19.1. The number of hydrogen-bond donors (Lipinski definition) is 2. The van der Waals surface area contributed by atoms with Crippen LogP contribution in [-0.4, -0.2) is 48.5 Å². The smallest absolute Gasteiger partial charge is 0.322 e. The molecule has 1 aromatic rings. The van der Waals surface area contributed by atoms with E-state index in [1.54, 1.807) is 12.0 Å². The van der Waals surface area contributed by atoms with Crippen molar-refractivity contribution in [3.8, 4) is 5.75 Å². The molecule has 2 saturated heterocycles. The van der Waals surface area contributed by atoms with E-state index in [4.69, 9.17) is 4.74 Å². The van der Waals surface area contributed by atoms with Gasteiger partial charge in [-0.05, 0) is 37.0 Å². The quantitative estimate of drug-likeness (QED) is 0.800. The van der Waals surface area contributed by atoms with Crippen LogP contribution >= 0.6 is 0 Å². The van der Waals surface area contributed by atoms with Crippen LogP contribution in [0.1, 0.15) is 24.8 Å². The average Bonchev–Trinajstić information content (AvgIpc) is 2.87. The van der Waals surface area contributed by atoms with E-state index in [-0.39, 0.29) is 11.8 Å². The molecular formula is C17H21N3O4. The van der Waals surface area contributed by atoms with E-state index in [0.29, 0.717) is 38.8 Å². The Labute approximate surface area is 140 Å². The van der Waals surface area contributed by atoms with E-state index in [9.17, 15) is 14.4 Å². The van der Waals surface area contributed by atoms with Crippen LogP contribution in [0.3, 0.4) is 0 Å². The molecule has 2 aliphatic heterocycles. The van der Waals surface area contributed by atoms with E-state index >= 15 is 0 Å². The summed E-state index contributed by atoms with van der Waals surface area (Å²) in [6.45, 7) is 0.963. The number of carbonyl (C=O) groups excluding carboxylic acids is 3. The minimum absolute atomic E-state index is 0.0744. The van der Waals surface area contributed by atoms with Gasteiger partial charge in [0.05, 0.1) is 7.11 Å². The third-order valence-corrected chi connectivity index (χ3v) is 4.77. The second-order valence-electron chi connectivity index (χ2n) is 6.22. The lowest BCUT2D eigenvalue weighted by molar-refractivity contribution is -0.135. The first-order valence-corrected chi connectivity index (χ1v) is 8.07. The first kappa shape index (κ1) is 16.3. The van der Waals surface area contributed by atoms with E-state index in [2.05, 4.69) is 10.6 Å². The number of urea groups is 1. The Balaban J connectivity index is 1.50. The summed E-state index contributed by atoms with van der Waals surface area (Å²) in [5.41, 5.74) is 0.254. The topological polar surface area (TPSA) is 87.7 Å². The first-order valence-electron chi connectivity index (χ1n) is 8.07. The van der Waals surface area contributed by atoms with Gasteiger partial charge in [-0.1, -0.05) is 12.1 Å². The molecule has 0 aliphatic carbocycles. The third kappa shape index (κ3) is 3.20. The predicted octanol–water partition coefficient (Wildman–Crippen LogP) is 0.828. The predicted molar refractivity (Wildman–Crippen MR) is 86.5 cm³/mol. The maximum atomic E-state index is 12.4. The second-order valence-corrected chi connectivity index (χ2v) is 6.22. The maximum Gasteiger partial charge on any atom is 0.322 e. The van der Waals surface area contributed by atoms with Crippen molar-refractivity contribution in [3.05, 3.63) is 29.8 Å². The summed E-state index contributed by atoms with van der Waals surface area (Å²) in [5.74, 6) is 0.589. The largest absolute Gasteiger partial charge is 0.497 e. The maximum absolute atomic E-state index is 12.4. The molecule has 24 heavy (non-hydrogen) atoms. The SMILES string of the molecule is COc1ccc(CCC(=O)N2CCC3(CC2)NC(=O)NC3=O)cc1. The van der Waals surface area contributed by atoms with E-state index in [1.165, 1.54) is 0 Å². The van der Waals surface area contributed by atoms with Crippen molar-refractivity contribution < 1.29 is 19.1 Å². The summed E-state index contributed by atoms with van der Waals surface area (Å²) in [5, 5.41) is 4.97. The number of piperidine rings is 1. The van der Waals surface area contributed by atoms with Gasteiger partial charge in [-0.25, -0.2) is 4.79 Å². The van der Waals surface area contributed by atoms with Crippen molar-refractivity contribution in [1.82, 2.24) is 15.5 Å². The van der Waals surface area contributed by atoms with Gasteiger partial charge < -0.3 is 15.0 Å². The fourth-order valence-electron chi connectivity index (χ4n) is 3.22. The molecule has 128 valence electrons. The Kier molecular flexibility index (Phi) is 4.42. The number of imide groups is 1. The van der Waals surface area contributed by atoms with Crippen molar-refractivity contribution in [1.29, 1.82) is 0 Å². The number of carbonyl (C=O) groups is 3. The lowest BCUT2D eigenvalue weighted by Crippen LogP contribution is -2.55. The molecule has 1 spiro atoms. The summed E-state index contributed by atoms with van der Waals surface area (Å²) in [4.78, 5) is 37.3. The van der Waals surface area contributed by atoms with E-state index in [1.807, 2.05) is 24.3 Å². The van der Waals surface area contributed by atoms with Gasteiger partial charge in [0.25, 0.3) is 5.91 Å². The molecule has 7 nitrogen and oxygen atoms in total. The minimum Gasteiger partial charge on any atom is -0.497 e. The van der Waals surface area contributed by atoms with Gasteiger partial charge >= 0.3 is 6.03 Å². The fraction of sp³-hybridized carbons (Fsp3) is 0.471. The van der Waals surface area contributed by atoms with Gasteiger partial charge in [0.1, 0.15) is 11.3 Å². The van der Waals surface area contributed by atoms with Crippen LogP contribution in [-0.2, 0) is 16.0 Å². The Morgan fingerprint density at radius 2 is 1.88 bits per heavy atom. The van der Waals surface area contributed by atoms with Gasteiger partial charge in [-0.3, -0.25) is 14.9 Å². The molecule has 2 fully saturated rings. The number of ether oxygens (including phenoxy) is 1. The molecular weight excluding hydrogens is 310 g/mol. The van der Waals surface area contributed by atoms with Crippen LogP contribution in [0.4, 0.5) is 4.79 Å².